The first-order valence-corrected chi connectivity index (χ1v) is 10.7. The lowest BCUT2D eigenvalue weighted by Gasteiger charge is -2.29. The number of nitrogens with zero attached hydrogens (tertiary/aromatic N) is 1. The van der Waals surface area contributed by atoms with Gasteiger partial charge in [0.25, 0.3) is 0 Å². The molecule has 1 N–H and O–H groups in total. The normalized spacial score (nSPS) is 15.8. The van der Waals surface area contributed by atoms with Crippen LogP contribution in [0.4, 0.5) is 5.00 Å². The van der Waals surface area contributed by atoms with E-state index in [1.54, 1.807) is 18.3 Å². The average Bonchev–Trinajstić information content (AvgIpc) is 3.26. The van der Waals surface area contributed by atoms with Gasteiger partial charge in [-0.1, -0.05) is 13.0 Å². The predicted octanol–water partition coefficient (Wildman–Crippen LogP) is 4.32. The molecule has 1 amide bonds. The largest absolute Gasteiger partial charge is 0.462 e. The van der Waals surface area contributed by atoms with E-state index in [4.69, 9.17) is 4.74 Å². The lowest BCUT2D eigenvalue weighted by atomic mass is 9.99. The maximum atomic E-state index is 12.5. The van der Waals surface area contributed by atoms with Crippen LogP contribution in [0.25, 0.3) is 10.4 Å². The predicted molar refractivity (Wildman–Crippen MR) is 107 cm³/mol. The minimum Gasteiger partial charge on any atom is -0.462 e. The summed E-state index contributed by atoms with van der Waals surface area (Å²) in [6.45, 7) is 6.60. The summed E-state index contributed by atoms with van der Waals surface area (Å²) < 4.78 is 5.22. The van der Waals surface area contributed by atoms with E-state index in [-0.39, 0.29) is 11.9 Å². The van der Waals surface area contributed by atoms with Gasteiger partial charge in [-0.3, -0.25) is 9.69 Å². The van der Waals surface area contributed by atoms with E-state index in [9.17, 15) is 9.59 Å². The summed E-state index contributed by atoms with van der Waals surface area (Å²) in [5, 5.41) is 7.39. The molecule has 1 fully saturated rings. The second-order valence-corrected chi connectivity index (χ2v) is 8.39. The first kappa shape index (κ1) is 19.1. The van der Waals surface area contributed by atoms with E-state index < -0.39 is 0 Å². The van der Waals surface area contributed by atoms with Crippen molar-refractivity contribution in [3.8, 4) is 10.4 Å². The van der Waals surface area contributed by atoms with Crippen LogP contribution in [0.5, 0.6) is 0 Å². The lowest BCUT2D eigenvalue weighted by Crippen LogP contribution is -2.38. The minimum atomic E-state index is -0.390. The van der Waals surface area contributed by atoms with Crippen molar-refractivity contribution in [2.75, 3.05) is 31.6 Å². The van der Waals surface area contributed by atoms with Crippen LogP contribution in [0, 0.1) is 5.92 Å². The van der Waals surface area contributed by atoms with Gasteiger partial charge in [0, 0.05) is 15.8 Å². The third kappa shape index (κ3) is 4.52. The molecule has 1 aliphatic heterocycles. The first-order valence-electron chi connectivity index (χ1n) is 8.93. The van der Waals surface area contributed by atoms with Gasteiger partial charge in [-0.05, 0) is 50.2 Å². The number of piperidine rings is 1. The monoisotopic (exact) mass is 392 g/mol. The molecule has 0 unspecified atom stereocenters. The molecule has 3 heterocycles. The number of anilines is 1. The van der Waals surface area contributed by atoms with Gasteiger partial charge in [-0.25, -0.2) is 4.79 Å². The fourth-order valence-electron chi connectivity index (χ4n) is 3.06. The zero-order chi connectivity index (χ0) is 18.5. The molecule has 2 aromatic heterocycles. The molecule has 2 aromatic rings. The highest BCUT2D eigenvalue weighted by molar-refractivity contribution is 7.17. The summed E-state index contributed by atoms with van der Waals surface area (Å²) in [6, 6.07) is 3.91. The van der Waals surface area contributed by atoms with Crippen LogP contribution >= 0.6 is 22.7 Å². The fourth-order valence-corrected chi connectivity index (χ4v) is 4.85. The molecule has 0 aliphatic carbocycles. The van der Waals surface area contributed by atoms with E-state index in [1.165, 1.54) is 11.3 Å². The summed E-state index contributed by atoms with van der Waals surface area (Å²) in [7, 11) is 0. The van der Waals surface area contributed by atoms with Crippen LogP contribution in [-0.4, -0.2) is 43.0 Å². The molecular formula is C19H24N2O3S2. The van der Waals surface area contributed by atoms with Gasteiger partial charge >= 0.3 is 5.97 Å². The summed E-state index contributed by atoms with van der Waals surface area (Å²) in [4.78, 5) is 28.1. The highest BCUT2D eigenvalue weighted by Gasteiger charge is 2.24. The van der Waals surface area contributed by atoms with Crippen LogP contribution in [-0.2, 0) is 9.53 Å². The third-order valence-electron chi connectivity index (χ3n) is 4.55. The zero-order valence-corrected chi connectivity index (χ0v) is 16.8. The molecule has 26 heavy (non-hydrogen) atoms. The standard InChI is InChI=1S/C19H24N2O3S2/c1-3-24-19(23)17-14(15-5-4-10-25-15)12-26-18(17)20-16(22)11-21-8-6-13(2)7-9-21/h4-5,10,12-13H,3,6-9,11H2,1-2H3,(H,20,22). The van der Waals surface area contributed by atoms with Crippen LogP contribution in [0.15, 0.2) is 22.9 Å². The van der Waals surface area contributed by atoms with Crippen LogP contribution in [0.2, 0.25) is 0 Å². The van der Waals surface area contributed by atoms with Crippen molar-refractivity contribution in [3.63, 3.8) is 0 Å². The number of hydrogen-bond acceptors (Lipinski definition) is 6. The summed E-state index contributed by atoms with van der Waals surface area (Å²) in [5.41, 5.74) is 1.28. The van der Waals surface area contributed by atoms with Crippen LogP contribution < -0.4 is 5.32 Å². The van der Waals surface area contributed by atoms with Crippen molar-refractivity contribution in [2.45, 2.75) is 26.7 Å². The van der Waals surface area contributed by atoms with Gasteiger partial charge in [-0.2, -0.15) is 0 Å². The summed E-state index contributed by atoms with van der Waals surface area (Å²) in [6.07, 6.45) is 2.26. The van der Waals surface area contributed by atoms with Crippen molar-refractivity contribution in [1.29, 1.82) is 0 Å². The van der Waals surface area contributed by atoms with Crippen molar-refractivity contribution in [1.82, 2.24) is 4.90 Å². The molecule has 1 aliphatic rings. The Morgan fingerprint density at radius 2 is 2.08 bits per heavy atom. The Morgan fingerprint density at radius 1 is 1.31 bits per heavy atom. The number of esters is 1. The minimum absolute atomic E-state index is 0.0790. The SMILES string of the molecule is CCOC(=O)c1c(-c2cccs2)csc1NC(=O)CN1CCC(C)CC1. The molecule has 7 heteroatoms. The van der Waals surface area contributed by atoms with Crippen molar-refractivity contribution in [2.24, 2.45) is 5.92 Å². The Hall–Kier alpha value is -1.70. The molecule has 5 nitrogen and oxygen atoms in total. The lowest BCUT2D eigenvalue weighted by molar-refractivity contribution is -0.117. The number of likely N-dealkylation sites (tertiary alicyclic amines) is 1. The third-order valence-corrected chi connectivity index (χ3v) is 6.35. The molecular weight excluding hydrogens is 368 g/mol. The molecule has 0 radical (unpaired) electrons. The number of ether oxygens (including phenoxy) is 1. The highest BCUT2D eigenvalue weighted by atomic mass is 32.1. The molecule has 0 aromatic carbocycles. The Kier molecular flexibility index (Phi) is 6.45. The van der Waals surface area contributed by atoms with Crippen molar-refractivity contribution in [3.05, 3.63) is 28.5 Å². The van der Waals surface area contributed by atoms with E-state index in [0.717, 1.165) is 42.3 Å². The molecule has 0 atom stereocenters. The van der Waals surface area contributed by atoms with E-state index >= 15 is 0 Å². The summed E-state index contributed by atoms with van der Waals surface area (Å²) in [5.74, 6) is 0.263. The molecule has 140 valence electrons. The molecule has 3 rings (SSSR count). The smallest absolute Gasteiger partial charge is 0.341 e. The Bertz CT molecular complexity index is 747. The van der Waals surface area contributed by atoms with Gasteiger partial charge in [0.05, 0.1) is 13.2 Å². The number of hydrogen-bond donors (Lipinski definition) is 1. The number of amides is 1. The molecule has 0 saturated carbocycles. The number of carbonyl (C=O) groups is 2. The average molecular weight is 393 g/mol. The van der Waals surface area contributed by atoms with Gasteiger partial charge in [-0.15, -0.1) is 22.7 Å². The number of carbonyl (C=O) groups excluding carboxylic acids is 2. The maximum absolute atomic E-state index is 12.5. The van der Waals surface area contributed by atoms with Gasteiger partial charge < -0.3 is 10.1 Å². The van der Waals surface area contributed by atoms with Gasteiger partial charge in [0.1, 0.15) is 10.6 Å². The van der Waals surface area contributed by atoms with Gasteiger partial charge in [0.2, 0.25) is 5.91 Å². The van der Waals surface area contributed by atoms with E-state index in [0.29, 0.717) is 23.7 Å². The number of rotatable bonds is 6. The van der Waals surface area contributed by atoms with Crippen LogP contribution in [0.3, 0.4) is 0 Å². The number of thiophene rings is 2. The van der Waals surface area contributed by atoms with Crippen LogP contribution in [0.1, 0.15) is 37.0 Å². The molecule has 0 bridgehead atoms. The first-order chi connectivity index (χ1) is 12.6. The quantitative estimate of drug-likeness (QED) is 0.744. The Labute approximate surface area is 162 Å². The van der Waals surface area contributed by atoms with Crippen molar-refractivity contribution < 1.29 is 14.3 Å². The molecule has 1 saturated heterocycles. The maximum Gasteiger partial charge on any atom is 0.341 e. The Balaban J connectivity index is 1.74. The number of nitrogens with one attached hydrogen (secondary N) is 1. The second kappa shape index (κ2) is 8.79. The highest BCUT2D eigenvalue weighted by Crippen LogP contribution is 2.38. The van der Waals surface area contributed by atoms with E-state index in [2.05, 4.69) is 17.1 Å². The van der Waals surface area contributed by atoms with Gasteiger partial charge in [0.15, 0.2) is 0 Å². The fraction of sp³-hybridized carbons (Fsp3) is 0.474. The topological polar surface area (TPSA) is 58.6 Å². The summed E-state index contributed by atoms with van der Waals surface area (Å²) >= 11 is 2.94. The van der Waals surface area contributed by atoms with Crippen molar-refractivity contribution >= 4 is 39.6 Å². The second-order valence-electron chi connectivity index (χ2n) is 6.56. The zero-order valence-electron chi connectivity index (χ0n) is 15.1. The molecule has 0 spiro atoms. The Morgan fingerprint density at radius 3 is 2.73 bits per heavy atom. The van der Waals surface area contributed by atoms with E-state index in [1.807, 2.05) is 22.9 Å².